The van der Waals surface area contributed by atoms with E-state index in [9.17, 15) is 0 Å². The van der Waals surface area contributed by atoms with E-state index in [2.05, 4.69) is 26.8 Å². The van der Waals surface area contributed by atoms with Crippen LogP contribution in [-0.2, 0) is 7.05 Å². The maximum atomic E-state index is 6.04. The molecule has 1 unspecified atom stereocenters. The second-order valence-corrected chi connectivity index (χ2v) is 6.27. The van der Waals surface area contributed by atoms with E-state index in [1.54, 1.807) is 11.3 Å². The molecule has 3 heterocycles. The molecule has 0 aliphatic carbocycles. The Kier molecular flexibility index (Phi) is 4.23. The average molecular weight is 306 g/mol. The Morgan fingerprint density at radius 1 is 1.33 bits per heavy atom. The van der Waals surface area contributed by atoms with Gasteiger partial charge in [-0.3, -0.25) is 9.58 Å². The summed E-state index contributed by atoms with van der Waals surface area (Å²) in [6.07, 6.45) is 3.83. The summed E-state index contributed by atoms with van der Waals surface area (Å²) in [5.74, 6) is 0. The Labute approximate surface area is 129 Å². The van der Waals surface area contributed by atoms with Crippen LogP contribution < -0.4 is 10.6 Å². The third-order valence-electron chi connectivity index (χ3n) is 4.30. The summed E-state index contributed by atoms with van der Waals surface area (Å²) < 4.78 is 1.92. The minimum atomic E-state index is 0.261. The molecule has 0 amide bonds. The van der Waals surface area contributed by atoms with Crippen molar-refractivity contribution in [1.82, 2.24) is 19.7 Å². The smallest absolute Gasteiger partial charge is 0.185 e. The van der Waals surface area contributed by atoms with Gasteiger partial charge in [0.1, 0.15) is 0 Å². The first-order chi connectivity index (χ1) is 10.2. The predicted molar refractivity (Wildman–Crippen MR) is 85.6 cm³/mol. The molecule has 2 N–H and O–H groups in total. The normalized spacial score (nSPS) is 18.1. The molecular weight excluding hydrogens is 284 g/mol. The van der Waals surface area contributed by atoms with Gasteiger partial charge in [0.05, 0.1) is 12.2 Å². The second-order valence-electron chi connectivity index (χ2n) is 5.40. The van der Waals surface area contributed by atoms with E-state index in [1.807, 2.05) is 29.5 Å². The molecule has 2 aromatic rings. The SMILES string of the molecule is Cc1c(C(CN)N2CCN(c3nccs3)CC2)cnn1C. The minimum Gasteiger partial charge on any atom is -0.346 e. The van der Waals surface area contributed by atoms with E-state index in [-0.39, 0.29) is 6.04 Å². The van der Waals surface area contributed by atoms with E-state index >= 15 is 0 Å². The summed E-state index contributed by atoms with van der Waals surface area (Å²) >= 11 is 1.71. The maximum Gasteiger partial charge on any atom is 0.185 e. The van der Waals surface area contributed by atoms with Crippen molar-refractivity contribution in [1.29, 1.82) is 0 Å². The minimum absolute atomic E-state index is 0.261. The van der Waals surface area contributed by atoms with Gasteiger partial charge in [0.15, 0.2) is 5.13 Å². The van der Waals surface area contributed by atoms with E-state index in [0.717, 1.165) is 31.3 Å². The predicted octanol–water partition coefficient (Wildman–Crippen LogP) is 1.01. The van der Waals surface area contributed by atoms with Crippen molar-refractivity contribution in [3.8, 4) is 0 Å². The number of hydrogen-bond acceptors (Lipinski definition) is 6. The van der Waals surface area contributed by atoms with Crippen LogP contribution >= 0.6 is 11.3 Å². The van der Waals surface area contributed by atoms with Gasteiger partial charge in [-0.15, -0.1) is 11.3 Å². The van der Waals surface area contributed by atoms with Crippen LogP contribution in [0.4, 0.5) is 5.13 Å². The number of anilines is 1. The van der Waals surface area contributed by atoms with Crippen LogP contribution in [0.5, 0.6) is 0 Å². The Hall–Kier alpha value is -1.44. The lowest BCUT2D eigenvalue weighted by Crippen LogP contribution is -2.49. The standard InChI is InChI=1S/C14H22N6S/c1-11-12(10-17-18(11)2)13(9-15)19-4-6-20(7-5-19)14-16-3-8-21-14/h3,8,10,13H,4-7,9,15H2,1-2H3. The molecule has 0 radical (unpaired) electrons. The van der Waals surface area contributed by atoms with Gasteiger partial charge in [0, 0.05) is 62.6 Å². The fourth-order valence-electron chi connectivity index (χ4n) is 2.91. The van der Waals surface area contributed by atoms with Gasteiger partial charge in [0.2, 0.25) is 0 Å². The van der Waals surface area contributed by atoms with Gasteiger partial charge in [0.25, 0.3) is 0 Å². The molecule has 0 aromatic carbocycles. The summed E-state index contributed by atoms with van der Waals surface area (Å²) in [5, 5.41) is 7.50. The molecule has 1 atom stereocenters. The lowest BCUT2D eigenvalue weighted by molar-refractivity contribution is 0.189. The third kappa shape index (κ3) is 2.81. The molecule has 1 aliphatic heterocycles. The van der Waals surface area contributed by atoms with Crippen molar-refractivity contribution in [2.75, 3.05) is 37.6 Å². The van der Waals surface area contributed by atoms with Crippen molar-refractivity contribution in [3.05, 3.63) is 29.0 Å². The van der Waals surface area contributed by atoms with Gasteiger partial charge >= 0.3 is 0 Å². The number of nitrogens with zero attached hydrogens (tertiary/aromatic N) is 5. The molecule has 1 aliphatic rings. The van der Waals surface area contributed by atoms with Crippen molar-refractivity contribution in [2.45, 2.75) is 13.0 Å². The number of hydrogen-bond donors (Lipinski definition) is 1. The molecule has 6 nitrogen and oxygen atoms in total. The van der Waals surface area contributed by atoms with Gasteiger partial charge in [-0.05, 0) is 6.92 Å². The molecule has 0 saturated carbocycles. The topological polar surface area (TPSA) is 63.2 Å². The summed E-state index contributed by atoms with van der Waals surface area (Å²) in [6, 6.07) is 0.261. The molecule has 0 spiro atoms. The monoisotopic (exact) mass is 306 g/mol. The largest absolute Gasteiger partial charge is 0.346 e. The van der Waals surface area contributed by atoms with Crippen molar-refractivity contribution < 1.29 is 0 Å². The van der Waals surface area contributed by atoms with Crippen LogP contribution in [0.25, 0.3) is 0 Å². The van der Waals surface area contributed by atoms with E-state index in [1.165, 1.54) is 11.3 Å². The van der Waals surface area contributed by atoms with Crippen molar-refractivity contribution >= 4 is 16.5 Å². The quantitative estimate of drug-likeness (QED) is 0.913. The number of thiazole rings is 1. The molecule has 2 aromatic heterocycles. The number of rotatable bonds is 4. The average Bonchev–Trinajstić information content (AvgIpc) is 3.14. The van der Waals surface area contributed by atoms with Gasteiger partial charge < -0.3 is 10.6 Å². The highest BCUT2D eigenvalue weighted by atomic mass is 32.1. The molecule has 7 heteroatoms. The summed E-state index contributed by atoms with van der Waals surface area (Å²) in [4.78, 5) is 9.21. The second kappa shape index (κ2) is 6.13. The Morgan fingerprint density at radius 2 is 2.10 bits per heavy atom. The zero-order chi connectivity index (χ0) is 14.8. The maximum absolute atomic E-state index is 6.04. The highest BCUT2D eigenvalue weighted by molar-refractivity contribution is 7.13. The summed E-state index contributed by atoms with van der Waals surface area (Å²) in [7, 11) is 1.98. The van der Waals surface area contributed by atoms with Gasteiger partial charge in [-0.25, -0.2) is 4.98 Å². The summed E-state index contributed by atoms with van der Waals surface area (Å²) in [6.45, 7) is 6.76. The van der Waals surface area contributed by atoms with Crippen LogP contribution in [0.15, 0.2) is 17.8 Å². The molecule has 21 heavy (non-hydrogen) atoms. The lowest BCUT2D eigenvalue weighted by Gasteiger charge is -2.38. The highest BCUT2D eigenvalue weighted by Crippen LogP contribution is 2.26. The first-order valence-corrected chi connectivity index (χ1v) is 8.15. The van der Waals surface area contributed by atoms with Crippen LogP contribution in [0.3, 0.4) is 0 Å². The first-order valence-electron chi connectivity index (χ1n) is 7.27. The third-order valence-corrected chi connectivity index (χ3v) is 5.13. The lowest BCUT2D eigenvalue weighted by atomic mass is 10.1. The Balaban J connectivity index is 1.68. The van der Waals surface area contributed by atoms with E-state index in [0.29, 0.717) is 6.54 Å². The Morgan fingerprint density at radius 3 is 2.62 bits per heavy atom. The molecule has 3 rings (SSSR count). The number of piperazine rings is 1. The van der Waals surface area contributed by atoms with E-state index < -0.39 is 0 Å². The molecule has 114 valence electrons. The van der Waals surface area contributed by atoms with Crippen LogP contribution in [0.2, 0.25) is 0 Å². The van der Waals surface area contributed by atoms with E-state index in [4.69, 9.17) is 5.73 Å². The van der Waals surface area contributed by atoms with Crippen LogP contribution in [-0.4, -0.2) is 52.4 Å². The molecule has 1 fully saturated rings. The molecular formula is C14H22N6S. The van der Waals surface area contributed by atoms with Crippen molar-refractivity contribution in [3.63, 3.8) is 0 Å². The first kappa shape index (κ1) is 14.5. The Bertz CT molecular complexity index is 570. The number of aryl methyl sites for hydroxylation is 1. The number of aromatic nitrogens is 3. The fraction of sp³-hybridized carbons (Fsp3) is 0.571. The zero-order valence-corrected chi connectivity index (χ0v) is 13.4. The van der Waals surface area contributed by atoms with Crippen molar-refractivity contribution in [2.24, 2.45) is 12.8 Å². The molecule has 0 bridgehead atoms. The van der Waals surface area contributed by atoms with Crippen LogP contribution in [0, 0.1) is 6.92 Å². The fourth-order valence-corrected chi connectivity index (χ4v) is 3.61. The number of nitrogens with two attached hydrogens (primary N) is 1. The molecule has 1 saturated heterocycles. The van der Waals surface area contributed by atoms with Gasteiger partial charge in [-0.2, -0.15) is 5.10 Å². The highest BCUT2D eigenvalue weighted by Gasteiger charge is 2.27. The zero-order valence-electron chi connectivity index (χ0n) is 12.6. The van der Waals surface area contributed by atoms with Gasteiger partial charge in [-0.1, -0.05) is 0 Å². The summed E-state index contributed by atoms with van der Waals surface area (Å²) in [5.41, 5.74) is 8.49. The van der Waals surface area contributed by atoms with Crippen LogP contribution in [0.1, 0.15) is 17.3 Å².